The van der Waals surface area contributed by atoms with E-state index in [0.29, 0.717) is 0 Å². The van der Waals surface area contributed by atoms with Gasteiger partial charge in [-0.3, -0.25) is 0 Å². The Hall–Kier alpha value is -7.69. The fourth-order valence-electron chi connectivity index (χ4n) is 9.18. The van der Waals surface area contributed by atoms with Crippen molar-refractivity contribution < 1.29 is 0 Å². The maximum atomic E-state index is 5.13. The van der Waals surface area contributed by atoms with Crippen molar-refractivity contribution in [1.29, 1.82) is 0 Å². The number of benzene rings is 8. The first-order valence-corrected chi connectivity index (χ1v) is 19.5. The molecule has 0 fully saturated rings. The molecule has 0 N–H and O–H groups in total. The lowest BCUT2D eigenvalue weighted by Gasteiger charge is -2.12. The Labute approximate surface area is 328 Å². The fourth-order valence-corrected chi connectivity index (χ4v) is 9.18. The van der Waals surface area contributed by atoms with E-state index >= 15 is 0 Å². The number of rotatable bonds is 5. The summed E-state index contributed by atoms with van der Waals surface area (Å²) < 4.78 is 7.30. The van der Waals surface area contributed by atoms with E-state index < -0.39 is 0 Å². The van der Waals surface area contributed by atoms with Crippen LogP contribution in [0.25, 0.3) is 105 Å². The van der Waals surface area contributed by atoms with Gasteiger partial charge in [0.25, 0.3) is 0 Å². The summed E-state index contributed by atoms with van der Waals surface area (Å²) in [5.41, 5.74) is 14.6. The first-order chi connectivity index (χ1) is 28.3. The zero-order chi connectivity index (χ0) is 37.5. The van der Waals surface area contributed by atoms with Gasteiger partial charge in [-0.05, 0) is 78.9 Å². The third-order valence-corrected chi connectivity index (χ3v) is 11.6. The monoisotopic (exact) mass is 726 g/mol. The lowest BCUT2D eigenvalue weighted by molar-refractivity contribution is 1.16. The molecule has 0 radical (unpaired) electrons. The van der Waals surface area contributed by atoms with Crippen molar-refractivity contribution in [3.63, 3.8) is 0 Å². The van der Waals surface area contributed by atoms with Crippen molar-refractivity contribution >= 4 is 65.4 Å². The first kappa shape index (κ1) is 31.6. The molecule has 4 aromatic heterocycles. The predicted molar refractivity (Wildman–Crippen MR) is 238 cm³/mol. The van der Waals surface area contributed by atoms with Crippen molar-refractivity contribution in [1.82, 2.24) is 18.7 Å². The van der Waals surface area contributed by atoms with E-state index in [1.54, 1.807) is 0 Å². The standard InChI is InChI=1S/C53H34N4/c1-3-15-35(16-4-1)45-24-14-25-46(54-45)36-17-13-20-38(33-36)57-48-27-11-7-21-40(48)42-30-32-51-52(53(42)57)43-23-9-12-28-49(43)56(51)39-29-31-50-44(34-39)41-22-8-10-26-47(41)55(50)37-18-5-2-6-19-37/h1-34H. The number of pyridine rings is 1. The van der Waals surface area contributed by atoms with Crippen LogP contribution in [0.4, 0.5) is 0 Å². The van der Waals surface area contributed by atoms with Gasteiger partial charge in [0.15, 0.2) is 0 Å². The van der Waals surface area contributed by atoms with Crippen molar-refractivity contribution in [3.05, 3.63) is 206 Å². The molecule has 0 saturated carbocycles. The normalized spacial score (nSPS) is 11.9. The number of aromatic nitrogens is 4. The second kappa shape index (κ2) is 12.4. The number of para-hydroxylation sites is 4. The number of hydrogen-bond donors (Lipinski definition) is 0. The highest BCUT2D eigenvalue weighted by atomic mass is 15.0. The molecule has 4 heterocycles. The van der Waals surface area contributed by atoms with Crippen molar-refractivity contribution in [2.24, 2.45) is 0 Å². The molecule has 0 aliphatic heterocycles. The van der Waals surface area contributed by atoms with Crippen LogP contribution in [0.5, 0.6) is 0 Å². The van der Waals surface area contributed by atoms with Gasteiger partial charge < -0.3 is 13.7 Å². The molecule has 0 spiro atoms. The number of hydrogen-bond acceptors (Lipinski definition) is 1. The molecule has 0 aliphatic rings. The molecule has 0 aliphatic carbocycles. The fraction of sp³-hybridized carbons (Fsp3) is 0. The van der Waals surface area contributed by atoms with Crippen LogP contribution in [-0.2, 0) is 0 Å². The van der Waals surface area contributed by atoms with Gasteiger partial charge in [0.1, 0.15) is 0 Å². The third-order valence-electron chi connectivity index (χ3n) is 11.6. The van der Waals surface area contributed by atoms with E-state index in [-0.39, 0.29) is 0 Å². The van der Waals surface area contributed by atoms with Crippen LogP contribution in [0.1, 0.15) is 0 Å². The Morgan fingerprint density at radius 3 is 1.56 bits per heavy atom. The minimum Gasteiger partial charge on any atom is -0.309 e. The summed E-state index contributed by atoms with van der Waals surface area (Å²) in [5, 5.41) is 7.40. The predicted octanol–water partition coefficient (Wildman–Crippen LogP) is 13.7. The lowest BCUT2D eigenvalue weighted by atomic mass is 10.1. The topological polar surface area (TPSA) is 27.7 Å². The van der Waals surface area contributed by atoms with Gasteiger partial charge in [0.05, 0.1) is 44.5 Å². The molecule has 0 unspecified atom stereocenters. The van der Waals surface area contributed by atoms with Crippen LogP contribution in [0, 0.1) is 0 Å². The molecule has 266 valence electrons. The summed E-state index contributed by atoms with van der Waals surface area (Å²) in [6, 6.07) is 74.2. The quantitative estimate of drug-likeness (QED) is 0.174. The van der Waals surface area contributed by atoms with Gasteiger partial charge in [-0.15, -0.1) is 0 Å². The smallest absolute Gasteiger partial charge is 0.0710 e. The Morgan fingerprint density at radius 2 is 0.789 bits per heavy atom. The van der Waals surface area contributed by atoms with Crippen LogP contribution in [-0.4, -0.2) is 18.7 Å². The molecule has 0 saturated heterocycles. The third kappa shape index (κ3) is 4.77. The zero-order valence-electron chi connectivity index (χ0n) is 30.9. The summed E-state index contributed by atoms with van der Waals surface area (Å²) in [7, 11) is 0. The summed E-state index contributed by atoms with van der Waals surface area (Å²) >= 11 is 0. The molecule has 0 amide bonds. The van der Waals surface area contributed by atoms with Crippen LogP contribution >= 0.6 is 0 Å². The van der Waals surface area contributed by atoms with E-state index in [0.717, 1.165) is 39.6 Å². The molecule has 0 bridgehead atoms. The Morgan fingerprint density at radius 1 is 0.281 bits per heavy atom. The van der Waals surface area contributed by atoms with E-state index in [1.165, 1.54) is 65.4 Å². The molecule has 0 atom stereocenters. The minimum absolute atomic E-state index is 0.949. The molecule has 4 nitrogen and oxygen atoms in total. The van der Waals surface area contributed by atoms with Gasteiger partial charge in [-0.25, -0.2) is 4.98 Å². The molecule has 4 heteroatoms. The van der Waals surface area contributed by atoms with Crippen molar-refractivity contribution in [3.8, 4) is 39.6 Å². The van der Waals surface area contributed by atoms with Crippen LogP contribution < -0.4 is 0 Å². The average molecular weight is 727 g/mol. The Balaban J connectivity index is 1.11. The van der Waals surface area contributed by atoms with Crippen molar-refractivity contribution in [2.75, 3.05) is 0 Å². The van der Waals surface area contributed by atoms with Gasteiger partial charge in [-0.2, -0.15) is 0 Å². The molecule has 8 aromatic carbocycles. The van der Waals surface area contributed by atoms with E-state index in [4.69, 9.17) is 4.98 Å². The summed E-state index contributed by atoms with van der Waals surface area (Å²) in [5.74, 6) is 0. The highest BCUT2D eigenvalue weighted by molar-refractivity contribution is 6.26. The molecule has 12 aromatic rings. The minimum atomic E-state index is 0.949. The molecular formula is C53H34N4. The number of fused-ring (bicyclic) bond motifs is 10. The first-order valence-electron chi connectivity index (χ1n) is 19.5. The zero-order valence-corrected chi connectivity index (χ0v) is 30.9. The molecule has 12 rings (SSSR count). The average Bonchev–Trinajstić information content (AvgIpc) is 3.92. The van der Waals surface area contributed by atoms with Crippen molar-refractivity contribution in [2.45, 2.75) is 0 Å². The second-order valence-electron chi connectivity index (χ2n) is 14.8. The highest BCUT2D eigenvalue weighted by Gasteiger charge is 2.22. The Bertz CT molecular complexity index is 3510. The summed E-state index contributed by atoms with van der Waals surface area (Å²) in [6.45, 7) is 0. The summed E-state index contributed by atoms with van der Waals surface area (Å²) in [4.78, 5) is 5.13. The maximum Gasteiger partial charge on any atom is 0.0710 e. The molecular weight excluding hydrogens is 693 g/mol. The van der Waals surface area contributed by atoms with Gasteiger partial charge in [-0.1, -0.05) is 127 Å². The number of nitrogens with zero attached hydrogens (tertiary/aromatic N) is 4. The van der Waals surface area contributed by atoms with Gasteiger partial charge >= 0.3 is 0 Å². The maximum absolute atomic E-state index is 5.13. The largest absolute Gasteiger partial charge is 0.309 e. The second-order valence-corrected chi connectivity index (χ2v) is 14.8. The van der Waals surface area contributed by atoms with E-state index in [1.807, 2.05) is 6.07 Å². The van der Waals surface area contributed by atoms with E-state index in [9.17, 15) is 0 Å². The lowest BCUT2D eigenvalue weighted by Crippen LogP contribution is -1.97. The van der Waals surface area contributed by atoms with Crippen LogP contribution in [0.2, 0.25) is 0 Å². The van der Waals surface area contributed by atoms with Crippen LogP contribution in [0.15, 0.2) is 206 Å². The van der Waals surface area contributed by atoms with Gasteiger partial charge in [0, 0.05) is 60.5 Å². The summed E-state index contributed by atoms with van der Waals surface area (Å²) in [6.07, 6.45) is 0. The Kier molecular flexibility index (Phi) is 6.89. The SMILES string of the molecule is c1ccc(-c2cccc(-c3cccc(-n4c5ccccc5c5ccc6c(c7ccccc7n6-c6ccc7c(c6)c6ccccc6n7-c6ccccc6)c54)c3)n2)cc1. The van der Waals surface area contributed by atoms with E-state index in [2.05, 4.69) is 214 Å². The van der Waals surface area contributed by atoms with Gasteiger partial charge in [0.2, 0.25) is 0 Å². The van der Waals surface area contributed by atoms with Crippen LogP contribution in [0.3, 0.4) is 0 Å². The molecule has 57 heavy (non-hydrogen) atoms. The highest BCUT2D eigenvalue weighted by Crippen LogP contribution is 2.43.